The lowest BCUT2D eigenvalue weighted by molar-refractivity contribution is -0.0615. The van der Waals surface area contributed by atoms with Crippen LogP contribution in [0.3, 0.4) is 0 Å². The molecule has 0 saturated carbocycles. The maximum Gasteiger partial charge on any atom is 0.268 e. The molecule has 0 spiro atoms. The Kier molecular flexibility index (Phi) is 5.95. The number of rotatable bonds is 5. The van der Waals surface area contributed by atoms with Crippen LogP contribution in [0.5, 0.6) is 0 Å². The molecule has 0 amide bonds. The van der Waals surface area contributed by atoms with E-state index in [2.05, 4.69) is 4.98 Å². The Hall–Kier alpha value is -1.89. The van der Waals surface area contributed by atoms with Crippen LogP contribution in [0.4, 0.5) is 0 Å². The van der Waals surface area contributed by atoms with Crippen molar-refractivity contribution >= 4 is 17.5 Å². The van der Waals surface area contributed by atoms with Crippen molar-refractivity contribution in [2.24, 2.45) is 10.9 Å². The van der Waals surface area contributed by atoms with Gasteiger partial charge in [0.2, 0.25) is 0 Å². The van der Waals surface area contributed by atoms with Gasteiger partial charge in [-0.3, -0.25) is 4.98 Å². The molecule has 156 valence electrons. The predicted octanol–water partition coefficient (Wildman–Crippen LogP) is 4.35. The second-order valence-electron chi connectivity index (χ2n) is 8.19. The fourth-order valence-electron chi connectivity index (χ4n) is 3.66. The summed E-state index contributed by atoms with van der Waals surface area (Å²) < 4.78 is 17.9. The zero-order valence-electron chi connectivity index (χ0n) is 16.8. The lowest BCUT2D eigenvalue weighted by atomic mass is 10.0. The van der Waals surface area contributed by atoms with Gasteiger partial charge >= 0.3 is 0 Å². The molecule has 2 atom stereocenters. The molecule has 4 rings (SSSR count). The highest BCUT2D eigenvalue weighted by Gasteiger charge is 2.38. The number of pyridine rings is 1. The maximum absolute atomic E-state index is 10.2. The van der Waals surface area contributed by atoms with E-state index in [9.17, 15) is 5.11 Å². The van der Waals surface area contributed by atoms with Gasteiger partial charge in [-0.15, -0.1) is 0 Å². The molecular formula is C22H27ClN2O4. The second kappa shape index (κ2) is 8.46. The van der Waals surface area contributed by atoms with Gasteiger partial charge in [-0.05, 0) is 51.3 Å². The highest BCUT2D eigenvalue weighted by molar-refractivity contribution is 6.29. The number of nitrogens with zero attached hydrogens (tertiary/aromatic N) is 2. The Morgan fingerprint density at radius 3 is 2.59 bits per heavy atom. The monoisotopic (exact) mass is 418 g/mol. The van der Waals surface area contributed by atoms with E-state index in [0.717, 1.165) is 61.1 Å². The van der Waals surface area contributed by atoms with E-state index in [1.54, 1.807) is 20.0 Å². The molecule has 0 bridgehead atoms. The molecule has 1 saturated heterocycles. The highest BCUT2D eigenvalue weighted by atomic mass is 35.5. The second-order valence-corrected chi connectivity index (χ2v) is 8.67. The molecule has 3 heterocycles. The first kappa shape index (κ1) is 20.4. The van der Waals surface area contributed by atoms with E-state index in [4.69, 9.17) is 30.8 Å². The fourth-order valence-corrected chi connectivity index (χ4v) is 3.82. The highest BCUT2D eigenvalue weighted by Crippen LogP contribution is 2.36. The zero-order valence-corrected chi connectivity index (χ0v) is 17.6. The molecule has 1 fully saturated rings. The Bertz CT molecular complexity index is 820. The molecule has 3 aliphatic rings. The summed E-state index contributed by atoms with van der Waals surface area (Å²) in [7, 11) is 0. The van der Waals surface area contributed by atoms with E-state index >= 15 is 0 Å². The lowest BCUT2D eigenvalue weighted by Crippen LogP contribution is -2.27. The van der Waals surface area contributed by atoms with Gasteiger partial charge in [0.25, 0.3) is 6.29 Å². The lowest BCUT2D eigenvalue weighted by Gasteiger charge is -2.25. The van der Waals surface area contributed by atoms with Crippen molar-refractivity contribution in [3.05, 3.63) is 52.5 Å². The third-order valence-electron chi connectivity index (χ3n) is 5.41. The third kappa shape index (κ3) is 4.82. The Balaban J connectivity index is 1.57. The van der Waals surface area contributed by atoms with Crippen LogP contribution in [0.1, 0.15) is 56.8 Å². The van der Waals surface area contributed by atoms with E-state index in [0.29, 0.717) is 5.69 Å². The summed E-state index contributed by atoms with van der Waals surface area (Å²) in [6.07, 6.45) is 8.27. The molecule has 0 aromatic carbocycles. The van der Waals surface area contributed by atoms with Gasteiger partial charge in [-0.25, -0.2) is 4.99 Å². The van der Waals surface area contributed by atoms with Crippen molar-refractivity contribution in [3.63, 3.8) is 0 Å². The molecule has 1 aliphatic carbocycles. The van der Waals surface area contributed by atoms with Crippen LogP contribution in [-0.4, -0.2) is 35.5 Å². The molecule has 2 aliphatic heterocycles. The van der Waals surface area contributed by atoms with Crippen molar-refractivity contribution in [1.82, 2.24) is 4.98 Å². The van der Waals surface area contributed by atoms with Crippen LogP contribution in [0.25, 0.3) is 0 Å². The SMILES string of the molecule is CC(C)(O)c1ccc(C2N=C(C3CCOCC3)OC2OC2=CC=C(Cl)CC2)cn1. The van der Waals surface area contributed by atoms with Crippen LogP contribution in [0.15, 0.2) is 46.3 Å². The average molecular weight is 419 g/mol. The van der Waals surface area contributed by atoms with Gasteiger partial charge in [-0.1, -0.05) is 17.7 Å². The first-order valence-corrected chi connectivity index (χ1v) is 10.5. The van der Waals surface area contributed by atoms with E-state index < -0.39 is 11.9 Å². The summed E-state index contributed by atoms with van der Waals surface area (Å²) in [4.78, 5) is 9.31. The number of allylic oxidation sites excluding steroid dienone is 4. The summed E-state index contributed by atoms with van der Waals surface area (Å²) in [5, 5.41) is 11.0. The topological polar surface area (TPSA) is 73.2 Å². The van der Waals surface area contributed by atoms with Crippen molar-refractivity contribution in [2.45, 2.75) is 57.5 Å². The van der Waals surface area contributed by atoms with E-state index in [1.165, 1.54) is 0 Å². The number of ether oxygens (including phenoxy) is 3. The zero-order chi connectivity index (χ0) is 20.4. The largest absolute Gasteiger partial charge is 0.457 e. The number of aliphatic hydroxyl groups is 1. The number of hydrogen-bond donors (Lipinski definition) is 1. The molecule has 1 N–H and O–H groups in total. The van der Waals surface area contributed by atoms with Crippen LogP contribution < -0.4 is 0 Å². The first-order valence-electron chi connectivity index (χ1n) is 10.1. The van der Waals surface area contributed by atoms with Crippen LogP contribution in [0.2, 0.25) is 0 Å². The van der Waals surface area contributed by atoms with Crippen molar-refractivity contribution in [3.8, 4) is 0 Å². The molecule has 6 nitrogen and oxygen atoms in total. The Labute approximate surface area is 176 Å². The number of hydrogen-bond acceptors (Lipinski definition) is 6. The summed E-state index contributed by atoms with van der Waals surface area (Å²) >= 11 is 6.07. The normalized spacial score (nSPS) is 25.7. The average Bonchev–Trinajstić information content (AvgIpc) is 3.14. The van der Waals surface area contributed by atoms with E-state index in [1.807, 2.05) is 24.3 Å². The van der Waals surface area contributed by atoms with Gasteiger partial charge in [0.1, 0.15) is 11.4 Å². The van der Waals surface area contributed by atoms with Gasteiger partial charge in [0.05, 0.1) is 5.69 Å². The van der Waals surface area contributed by atoms with Crippen molar-refractivity contribution < 1.29 is 19.3 Å². The molecule has 2 unspecified atom stereocenters. The third-order valence-corrected chi connectivity index (χ3v) is 5.73. The van der Waals surface area contributed by atoms with Crippen LogP contribution in [0, 0.1) is 5.92 Å². The quantitative estimate of drug-likeness (QED) is 0.769. The summed E-state index contributed by atoms with van der Waals surface area (Å²) in [5.74, 6) is 1.83. The molecule has 7 heteroatoms. The standard InChI is InChI=1S/C22H27ClN2O4/c1-22(2,26)18-8-3-15(13-24-18)19-21(28-17-6-4-16(23)5-7-17)29-20(25-19)14-9-11-27-12-10-14/h3-4,6,8,13-14,19,21,26H,5,7,9-12H2,1-2H3. The minimum absolute atomic E-state index is 0.248. The number of halogens is 1. The summed E-state index contributed by atoms with van der Waals surface area (Å²) in [6, 6.07) is 3.46. The van der Waals surface area contributed by atoms with Gasteiger partial charge < -0.3 is 19.3 Å². The molecule has 29 heavy (non-hydrogen) atoms. The molecule has 1 aromatic heterocycles. The first-order chi connectivity index (χ1) is 13.9. The smallest absolute Gasteiger partial charge is 0.268 e. The molecular weight excluding hydrogens is 392 g/mol. The van der Waals surface area contributed by atoms with Gasteiger partial charge in [0, 0.05) is 42.3 Å². The van der Waals surface area contributed by atoms with E-state index in [-0.39, 0.29) is 12.0 Å². The number of aliphatic imine (C=N–C) groups is 1. The maximum atomic E-state index is 10.2. The fraction of sp³-hybridized carbons (Fsp3) is 0.545. The van der Waals surface area contributed by atoms with Crippen LogP contribution in [-0.2, 0) is 19.8 Å². The number of aromatic nitrogens is 1. The Morgan fingerprint density at radius 1 is 1.17 bits per heavy atom. The minimum Gasteiger partial charge on any atom is -0.457 e. The Morgan fingerprint density at radius 2 is 1.97 bits per heavy atom. The van der Waals surface area contributed by atoms with Crippen molar-refractivity contribution in [1.29, 1.82) is 0 Å². The molecule has 0 radical (unpaired) electrons. The predicted molar refractivity (Wildman–Crippen MR) is 110 cm³/mol. The summed E-state index contributed by atoms with van der Waals surface area (Å²) in [6.45, 7) is 4.88. The minimum atomic E-state index is -0.990. The molecule has 1 aromatic rings. The van der Waals surface area contributed by atoms with Gasteiger partial charge in [0.15, 0.2) is 11.9 Å². The van der Waals surface area contributed by atoms with Crippen LogP contribution >= 0.6 is 11.6 Å². The summed E-state index contributed by atoms with van der Waals surface area (Å²) in [5.41, 5.74) is 0.520. The van der Waals surface area contributed by atoms with Gasteiger partial charge in [-0.2, -0.15) is 0 Å². The van der Waals surface area contributed by atoms with Crippen molar-refractivity contribution in [2.75, 3.05) is 13.2 Å².